The first-order valence-electron chi connectivity index (χ1n) is 4.48. The summed E-state index contributed by atoms with van der Waals surface area (Å²) in [5.41, 5.74) is 1.28. The Morgan fingerprint density at radius 3 is 2.62 bits per heavy atom. The van der Waals surface area contributed by atoms with Gasteiger partial charge in [-0.3, -0.25) is 0 Å². The molecule has 0 saturated heterocycles. The minimum absolute atomic E-state index is 0.583. The van der Waals surface area contributed by atoms with Gasteiger partial charge in [-0.2, -0.15) is 0 Å². The van der Waals surface area contributed by atoms with Gasteiger partial charge in [-0.05, 0) is 59.2 Å². The SMILES string of the molecule is Cc1cc(OCC(C)C)ccc1I. The van der Waals surface area contributed by atoms with Crippen LogP contribution >= 0.6 is 22.6 Å². The maximum absolute atomic E-state index is 5.60. The molecular formula is C11H15IO. The van der Waals surface area contributed by atoms with E-state index in [4.69, 9.17) is 4.74 Å². The van der Waals surface area contributed by atoms with Crippen LogP contribution in [0.15, 0.2) is 18.2 Å². The Labute approximate surface area is 93.6 Å². The topological polar surface area (TPSA) is 9.23 Å². The molecule has 0 amide bonds. The lowest BCUT2D eigenvalue weighted by Gasteiger charge is -2.09. The van der Waals surface area contributed by atoms with Gasteiger partial charge in [0.15, 0.2) is 0 Å². The lowest BCUT2D eigenvalue weighted by molar-refractivity contribution is 0.271. The van der Waals surface area contributed by atoms with Gasteiger partial charge >= 0.3 is 0 Å². The van der Waals surface area contributed by atoms with Gasteiger partial charge in [0, 0.05) is 3.57 Å². The van der Waals surface area contributed by atoms with Crippen molar-refractivity contribution in [3.05, 3.63) is 27.3 Å². The zero-order valence-corrected chi connectivity index (χ0v) is 10.5. The monoisotopic (exact) mass is 290 g/mol. The molecule has 1 aromatic carbocycles. The van der Waals surface area contributed by atoms with Crippen molar-refractivity contribution in [2.75, 3.05) is 6.61 Å². The fraction of sp³-hybridized carbons (Fsp3) is 0.455. The zero-order chi connectivity index (χ0) is 9.84. The molecule has 0 radical (unpaired) electrons. The van der Waals surface area contributed by atoms with Crippen LogP contribution in [0.2, 0.25) is 0 Å². The van der Waals surface area contributed by atoms with Crippen LogP contribution in [0.4, 0.5) is 0 Å². The highest BCUT2D eigenvalue weighted by Crippen LogP contribution is 2.18. The molecule has 0 aliphatic carbocycles. The van der Waals surface area contributed by atoms with Crippen molar-refractivity contribution in [1.29, 1.82) is 0 Å². The Hall–Kier alpha value is -0.250. The van der Waals surface area contributed by atoms with Crippen LogP contribution in [0.1, 0.15) is 19.4 Å². The van der Waals surface area contributed by atoms with Crippen LogP contribution < -0.4 is 4.74 Å². The van der Waals surface area contributed by atoms with Gasteiger partial charge in [-0.15, -0.1) is 0 Å². The van der Waals surface area contributed by atoms with Crippen molar-refractivity contribution in [2.45, 2.75) is 20.8 Å². The second kappa shape index (κ2) is 4.84. The number of aryl methyl sites for hydroxylation is 1. The van der Waals surface area contributed by atoms with E-state index in [2.05, 4.69) is 55.5 Å². The van der Waals surface area contributed by atoms with Gasteiger partial charge in [0.1, 0.15) is 5.75 Å². The summed E-state index contributed by atoms with van der Waals surface area (Å²) in [6, 6.07) is 6.20. The summed E-state index contributed by atoms with van der Waals surface area (Å²) in [5.74, 6) is 1.56. The fourth-order valence-corrected chi connectivity index (χ4v) is 1.31. The number of rotatable bonds is 3. The van der Waals surface area contributed by atoms with Crippen molar-refractivity contribution in [2.24, 2.45) is 5.92 Å². The second-order valence-electron chi connectivity index (χ2n) is 3.62. The van der Waals surface area contributed by atoms with Crippen LogP contribution in [0, 0.1) is 16.4 Å². The molecule has 0 bridgehead atoms. The molecule has 0 atom stereocenters. The number of benzene rings is 1. The molecular weight excluding hydrogens is 275 g/mol. The van der Waals surface area contributed by atoms with Gasteiger partial charge in [-0.25, -0.2) is 0 Å². The molecule has 0 aliphatic rings. The molecule has 0 saturated carbocycles. The number of ether oxygens (including phenoxy) is 1. The highest BCUT2D eigenvalue weighted by Gasteiger charge is 1.99. The van der Waals surface area contributed by atoms with Gasteiger partial charge in [-0.1, -0.05) is 13.8 Å². The third-order valence-corrected chi connectivity index (χ3v) is 2.92. The Morgan fingerprint density at radius 2 is 2.08 bits per heavy atom. The van der Waals surface area contributed by atoms with Gasteiger partial charge in [0.25, 0.3) is 0 Å². The van der Waals surface area contributed by atoms with Gasteiger partial charge in [0.05, 0.1) is 6.61 Å². The smallest absolute Gasteiger partial charge is 0.119 e. The Morgan fingerprint density at radius 1 is 1.38 bits per heavy atom. The Bertz CT molecular complexity index is 281. The summed E-state index contributed by atoms with van der Waals surface area (Å²) < 4.78 is 6.89. The van der Waals surface area contributed by atoms with Crippen LogP contribution in [-0.2, 0) is 0 Å². The molecule has 0 aliphatic heterocycles. The van der Waals surface area contributed by atoms with Crippen LogP contribution in [0.25, 0.3) is 0 Å². The summed E-state index contributed by atoms with van der Waals surface area (Å²) in [7, 11) is 0. The molecule has 1 aromatic rings. The third-order valence-electron chi connectivity index (χ3n) is 1.71. The van der Waals surface area contributed by atoms with Crippen molar-refractivity contribution >= 4 is 22.6 Å². The predicted octanol–water partition coefficient (Wildman–Crippen LogP) is 3.63. The molecule has 2 heteroatoms. The second-order valence-corrected chi connectivity index (χ2v) is 4.78. The molecule has 0 N–H and O–H groups in total. The molecule has 0 unspecified atom stereocenters. The van der Waals surface area contributed by atoms with E-state index in [1.807, 2.05) is 6.07 Å². The maximum Gasteiger partial charge on any atom is 0.119 e. The minimum Gasteiger partial charge on any atom is -0.493 e. The molecule has 0 heterocycles. The molecule has 1 rings (SSSR count). The molecule has 13 heavy (non-hydrogen) atoms. The van der Waals surface area contributed by atoms with Crippen molar-refractivity contribution in [3.8, 4) is 5.75 Å². The van der Waals surface area contributed by atoms with Crippen LogP contribution in [0.3, 0.4) is 0 Å². The Kier molecular flexibility index (Phi) is 4.03. The molecule has 72 valence electrons. The van der Waals surface area contributed by atoms with Crippen LogP contribution in [-0.4, -0.2) is 6.61 Å². The summed E-state index contributed by atoms with van der Waals surface area (Å²) in [6.45, 7) is 7.20. The summed E-state index contributed by atoms with van der Waals surface area (Å²) in [5, 5.41) is 0. The molecule has 1 nitrogen and oxygen atoms in total. The quantitative estimate of drug-likeness (QED) is 0.772. The summed E-state index contributed by atoms with van der Waals surface area (Å²) >= 11 is 2.33. The number of hydrogen-bond acceptors (Lipinski definition) is 1. The number of hydrogen-bond donors (Lipinski definition) is 0. The predicted molar refractivity (Wildman–Crippen MR) is 64.2 cm³/mol. The summed E-state index contributed by atoms with van der Waals surface area (Å²) in [4.78, 5) is 0. The van der Waals surface area contributed by atoms with Crippen molar-refractivity contribution in [3.63, 3.8) is 0 Å². The highest BCUT2D eigenvalue weighted by atomic mass is 127. The minimum atomic E-state index is 0.583. The first-order chi connectivity index (χ1) is 6.09. The van der Waals surface area contributed by atoms with E-state index < -0.39 is 0 Å². The average molecular weight is 290 g/mol. The van der Waals surface area contributed by atoms with E-state index >= 15 is 0 Å². The lowest BCUT2D eigenvalue weighted by Crippen LogP contribution is -2.04. The van der Waals surface area contributed by atoms with Gasteiger partial charge in [0.2, 0.25) is 0 Å². The van der Waals surface area contributed by atoms with Crippen LogP contribution in [0.5, 0.6) is 5.75 Å². The van der Waals surface area contributed by atoms with E-state index in [-0.39, 0.29) is 0 Å². The maximum atomic E-state index is 5.60. The van der Waals surface area contributed by atoms with E-state index in [9.17, 15) is 0 Å². The normalized spacial score (nSPS) is 10.5. The standard InChI is InChI=1S/C11H15IO/c1-8(2)7-13-10-4-5-11(12)9(3)6-10/h4-6,8H,7H2,1-3H3. The molecule has 0 spiro atoms. The largest absolute Gasteiger partial charge is 0.493 e. The molecule has 0 aromatic heterocycles. The van der Waals surface area contributed by atoms with E-state index in [1.54, 1.807) is 0 Å². The first-order valence-corrected chi connectivity index (χ1v) is 5.56. The van der Waals surface area contributed by atoms with Gasteiger partial charge < -0.3 is 4.74 Å². The summed E-state index contributed by atoms with van der Waals surface area (Å²) in [6.07, 6.45) is 0. The highest BCUT2D eigenvalue weighted by molar-refractivity contribution is 14.1. The van der Waals surface area contributed by atoms with E-state index in [1.165, 1.54) is 9.13 Å². The van der Waals surface area contributed by atoms with E-state index in [0.717, 1.165) is 12.4 Å². The average Bonchev–Trinajstić information content (AvgIpc) is 2.07. The first kappa shape index (κ1) is 10.8. The van der Waals surface area contributed by atoms with Crippen molar-refractivity contribution in [1.82, 2.24) is 0 Å². The lowest BCUT2D eigenvalue weighted by atomic mass is 10.2. The number of halogens is 1. The third kappa shape index (κ3) is 3.55. The van der Waals surface area contributed by atoms with Crippen molar-refractivity contribution < 1.29 is 4.74 Å². The zero-order valence-electron chi connectivity index (χ0n) is 8.30. The fourth-order valence-electron chi connectivity index (χ4n) is 0.970. The molecule has 0 fully saturated rings. The Balaban J connectivity index is 2.63. The van der Waals surface area contributed by atoms with E-state index in [0.29, 0.717) is 5.92 Å².